The van der Waals surface area contributed by atoms with Crippen LogP contribution in [0, 0.1) is 5.82 Å². The molecule has 1 N–H and O–H groups in total. The number of benzene rings is 1. The van der Waals surface area contributed by atoms with E-state index in [9.17, 15) is 4.39 Å². The molecule has 2 atom stereocenters. The summed E-state index contributed by atoms with van der Waals surface area (Å²) in [5, 5.41) is 6.06. The van der Waals surface area contributed by atoms with Gasteiger partial charge in [0.15, 0.2) is 0 Å². The zero-order valence-electron chi connectivity index (χ0n) is 17.0. The summed E-state index contributed by atoms with van der Waals surface area (Å²) >= 11 is 1.91. The van der Waals surface area contributed by atoms with Crippen molar-refractivity contribution < 1.29 is 13.9 Å². The number of nitrogens with one attached hydrogen (secondary N) is 1. The number of aryl methyl sites for hydroxylation is 1. The molecule has 5 rings (SSSR count). The van der Waals surface area contributed by atoms with Gasteiger partial charge in [-0.15, -0.1) is 11.3 Å². The second kappa shape index (κ2) is 8.10. The van der Waals surface area contributed by atoms with Gasteiger partial charge in [-0.3, -0.25) is 0 Å². The molecule has 5 heteroatoms. The molecule has 0 saturated carbocycles. The zero-order chi connectivity index (χ0) is 19.7. The molecule has 0 bridgehead atoms. The van der Waals surface area contributed by atoms with Crippen LogP contribution in [0.4, 0.5) is 4.39 Å². The molecule has 1 aliphatic carbocycles. The lowest BCUT2D eigenvalue weighted by molar-refractivity contribution is -0.108. The van der Waals surface area contributed by atoms with E-state index < -0.39 is 0 Å². The van der Waals surface area contributed by atoms with Gasteiger partial charge in [-0.05, 0) is 79.3 Å². The standard InChI is InChI=1S/C24H30FNO2S/c25-20-6-4-19(5-7-20)23(9-13-28-24(16-23)10-12-27-17-24)8-11-26-14-22-21-3-1-2-18(21)15-29-22/h4-7,15,26H,1-3,8-14,16-17H2/t23-,24?/m1/s1. The molecule has 2 aliphatic heterocycles. The highest BCUT2D eigenvalue weighted by molar-refractivity contribution is 7.10. The fourth-order valence-corrected chi connectivity index (χ4v) is 6.68. The number of rotatable bonds is 6. The van der Waals surface area contributed by atoms with Crippen LogP contribution in [0.2, 0.25) is 0 Å². The molecule has 1 aromatic heterocycles. The molecule has 2 aromatic rings. The van der Waals surface area contributed by atoms with Crippen molar-refractivity contribution in [1.29, 1.82) is 0 Å². The third-order valence-electron chi connectivity index (χ3n) is 7.18. The number of ether oxygens (including phenoxy) is 2. The first-order valence-electron chi connectivity index (χ1n) is 10.9. The van der Waals surface area contributed by atoms with E-state index in [4.69, 9.17) is 9.47 Å². The minimum Gasteiger partial charge on any atom is -0.378 e. The van der Waals surface area contributed by atoms with E-state index in [-0.39, 0.29) is 16.8 Å². The molecule has 3 nitrogen and oxygen atoms in total. The summed E-state index contributed by atoms with van der Waals surface area (Å²) in [5.74, 6) is -0.167. The molecule has 1 spiro atoms. The van der Waals surface area contributed by atoms with Crippen LogP contribution in [0.3, 0.4) is 0 Å². The van der Waals surface area contributed by atoms with Crippen molar-refractivity contribution >= 4 is 11.3 Å². The number of halogens is 1. The Hall–Kier alpha value is -1.27. The Morgan fingerprint density at radius 1 is 1.10 bits per heavy atom. The summed E-state index contributed by atoms with van der Waals surface area (Å²) < 4.78 is 25.5. The molecule has 3 aliphatic rings. The van der Waals surface area contributed by atoms with Crippen molar-refractivity contribution in [2.75, 3.05) is 26.4 Å². The van der Waals surface area contributed by atoms with Gasteiger partial charge >= 0.3 is 0 Å². The summed E-state index contributed by atoms with van der Waals surface area (Å²) in [5.41, 5.74) is 4.27. The second-order valence-electron chi connectivity index (χ2n) is 8.99. The lowest BCUT2D eigenvalue weighted by atomic mass is 9.66. The molecule has 0 radical (unpaired) electrons. The van der Waals surface area contributed by atoms with Gasteiger partial charge < -0.3 is 14.8 Å². The third-order valence-corrected chi connectivity index (χ3v) is 8.26. The number of hydrogen-bond donors (Lipinski definition) is 1. The Bertz CT molecular complexity index is 843. The quantitative estimate of drug-likeness (QED) is 0.690. The van der Waals surface area contributed by atoms with E-state index in [1.165, 1.54) is 29.7 Å². The molecule has 1 unspecified atom stereocenters. The summed E-state index contributed by atoms with van der Waals surface area (Å²) in [6.45, 7) is 4.14. The molecule has 3 heterocycles. The summed E-state index contributed by atoms with van der Waals surface area (Å²) in [7, 11) is 0. The van der Waals surface area contributed by atoms with Crippen LogP contribution in [-0.4, -0.2) is 32.0 Å². The second-order valence-corrected chi connectivity index (χ2v) is 9.96. The van der Waals surface area contributed by atoms with Gasteiger partial charge in [0.1, 0.15) is 5.82 Å². The number of hydrogen-bond acceptors (Lipinski definition) is 4. The maximum absolute atomic E-state index is 13.6. The summed E-state index contributed by atoms with van der Waals surface area (Å²) in [6, 6.07) is 7.17. The Kier molecular flexibility index (Phi) is 5.50. The summed E-state index contributed by atoms with van der Waals surface area (Å²) in [6.07, 6.45) is 7.75. The van der Waals surface area contributed by atoms with E-state index in [2.05, 4.69) is 10.7 Å². The molecular formula is C24H30FNO2S. The number of fused-ring (bicyclic) bond motifs is 1. The highest BCUT2D eigenvalue weighted by atomic mass is 32.1. The van der Waals surface area contributed by atoms with Gasteiger partial charge in [-0.2, -0.15) is 0 Å². The smallest absolute Gasteiger partial charge is 0.123 e. The molecular weight excluding hydrogens is 385 g/mol. The fourth-order valence-electron chi connectivity index (χ4n) is 5.58. The van der Waals surface area contributed by atoms with Crippen molar-refractivity contribution in [1.82, 2.24) is 5.32 Å². The summed E-state index contributed by atoms with van der Waals surface area (Å²) in [4.78, 5) is 1.51. The predicted molar refractivity (Wildman–Crippen MR) is 114 cm³/mol. The Morgan fingerprint density at radius 3 is 2.83 bits per heavy atom. The van der Waals surface area contributed by atoms with Crippen molar-refractivity contribution in [3.8, 4) is 0 Å². The van der Waals surface area contributed by atoms with Crippen LogP contribution in [-0.2, 0) is 34.3 Å². The van der Waals surface area contributed by atoms with Crippen LogP contribution < -0.4 is 5.32 Å². The van der Waals surface area contributed by atoms with E-state index in [1.807, 2.05) is 23.5 Å². The monoisotopic (exact) mass is 415 g/mol. The largest absolute Gasteiger partial charge is 0.378 e. The van der Waals surface area contributed by atoms with Crippen LogP contribution in [0.1, 0.15) is 53.7 Å². The predicted octanol–water partition coefficient (Wildman–Crippen LogP) is 4.76. The minimum atomic E-state index is -0.167. The zero-order valence-corrected chi connectivity index (χ0v) is 17.8. The first kappa shape index (κ1) is 19.7. The third kappa shape index (κ3) is 3.90. The average molecular weight is 416 g/mol. The lowest BCUT2D eigenvalue weighted by Crippen LogP contribution is -2.49. The molecule has 0 amide bonds. The van der Waals surface area contributed by atoms with Crippen molar-refractivity contribution in [2.45, 2.75) is 62.5 Å². The molecule has 2 fully saturated rings. The molecule has 29 heavy (non-hydrogen) atoms. The highest BCUT2D eigenvalue weighted by Gasteiger charge is 2.48. The normalized spacial score (nSPS) is 28.9. The first-order valence-corrected chi connectivity index (χ1v) is 11.8. The maximum atomic E-state index is 13.6. The highest BCUT2D eigenvalue weighted by Crippen LogP contribution is 2.47. The average Bonchev–Trinajstić information content (AvgIpc) is 3.45. The van der Waals surface area contributed by atoms with Crippen LogP contribution in [0.25, 0.3) is 0 Å². The maximum Gasteiger partial charge on any atom is 0.123 e. The van der Waals surface area contributed by atoms with Gasteiger partial charge in [0, 0.05) is 36.5 Å². The van der Waals surface area contributed by atoms with E-state index in [0.29, 0.717) is 6.61 Å². The molecule has 1 aromatic carbocycles. The van der Waals surface area contributed by atoms with Crippen molar-refractivity contribution in [3.63, 3.8) is 0 Å². The van der Waals surface area contributed by atoms with E-state index >= 15 is 0 Å². The first-order chi connectivity index (χ1) is 14.2. The van der Waals surface area contributed by atoms with Gasteiger partial charge in [0.25, 0.3) is 0 Å². The van der Waals surface area contributed by atoms with Gasteiger partial charge in [0.2, 0.25) is 0 Å². The Morgan fingerprint density at radius 2 is 2.00 bits per heavy atom. The van der Waals surface area contributed by atoms with Crippen molar-refractivity contribution in [2.24, 2.45) is 0 Å². The minimum absolute atomic E-state index is 0.0179. The van der Waals surface area contributed by atoms with Gasteiger partial charge in [-0.25, -0.2) is 4.39 Å². The van der Waals surface area contributed by atoms with Crippen LogP contribution in [0.15, 0.2) is 29.6 Å². The molecule has 2 saturated heterocycles. The van der Waals surface area contributed by atoms with Crippen molar-refractivity contribution in [3.05, 3.63) is 57.0 Å². The SMILES string of the molecule is Fc1ccc([C@]2(CCNCc3scc4c3CCC4)CCOC3(CCOC3)C2)cc1. The Labute approximate surface area is 176 Å². The topological polar surface area (TPSA) is 30.5 Å². The van der Waals surface area contributed by atoms with Gasteiger partial charge in [-0.1, -0.05) is 12.1 Å². The van der Waals surface area contributed by atoms with Crippen LogP contribution in [0.5, 0.6) is 0 Å². The Balaban J connectivity index is 1.30. The fraction of sp³-hybridized carbons (Fsp3) is 0.583. The molecule has 156 valence electrons. The van der Waals surface area contributed by atoms with Gasteiger partial charge in [0.05, 0.1) is 12.2 Å². The number of thiophene rings is 1. The van der Waals surface area contributed by atoms with E-state index in [0.717, 1.165) is 52.0 Å². The lowest BCUT2D eigenvalue weighted by Gasteiger charge is -2.46. The van der Waals surface area contributed by atoms with Crippen LogP contribution >= 0.6 is 11.3 Å². The van der Waals surface area contributed by atoms with E-state index in [1.54, 1.807) is 23.3 Å².